The summed E-state index contributed by atoms with van der Waals surface area (Å²) in [5.74, 6) is 0. The van der Waals surface area contributed by atoms with Crippen molar-refractivity contribution in [2.45, 2.75) is 14.4 Å². The summed E-state index contributed by atoms with van der Waals surface area (Å²) in [5.41, 5.74) is 6.22. The molecule has 4 aromatic carbocycles. The minimum absolute atomic E-state index is 0. The fraction of sp³-hybridized carbons (Fsp3) is 0.0833. The normalized spacial score (nSPS) is 9.79. The second-order valence-corrected chi connectivity index (χ2v) is 10.7. The molecule has 0 fully saturated rings. The van der Waals surface area contributed by atoms with E-state index in [4.69, 9.17) is 5.11 Å². The predicted octanol–water partition coefficient (Wildman–Crippen LogP) is 10.1. The van der Waals surface area contributed by atoms with E-state index in [1.807, 2.05) is 61.5 Å². The van der Waals surface area contributed by atoms with Gasteiger partial charge in [-0.2, -0.15) is 0 Å². The minimum atomic E-state index is 0. The molecule has 6 heteroatoms. The first-order chi connectivity index (χ1) is 20.1. The van der Waals surface area contributed by atoms with Gasteiger partial charge in [0.25, 0.3) is 0 Å². The number of rotatable bonds is 5. The van der Waals surface area contributed by atoms with E-state index in [0.717, 1.165) is 45.6 Å². The van der Waals surface area contributed by atoms with Gasteiger partial charge in [0.15, 0.2) is 0 Å². The first-order valence-corrected chi connectivity index (χ1v) is 14.4. The Morgan fingerprint density at radius 2 is 1.07 bits per heavy atom. The molecular formula is C36H36N2O2S2. The molecule has 4 nitrogen and oxygen atoms in total. The maximum atomic E-state index is 10.2. The highest BCUT2D eigenvalue weighted by Gasteiger charge is 1.99. The maximum absolute atomic E-state index is 10.2. The van der Waals surface area contributed by atoms with Crippen LogP contribution in [0, 0.1) is 6.92 Å². The Balaban J connectivity index is 0.000000229. The fourth-order valence-electron chi connectivity index (χ4n) is 3.57. The molecule has 1 N–H and O–H groups in total. The van der Waals surface area contributed by atoms with Gasteiger partial charge in [-0.15, -0.1) is 22.7 Å². The average molecular weight is 593 g/mol. The molecule has 42 heavy (non-hydrogen) atoms. The Kier molecular flexibility index (Phi) is 14.5. The van der Waals surface area contributed by atoms with Crippen LogP contribution in [0.1, 0.15) is 44.5 Å². The number of fused-ring (bicyclic) bond motifs is 2. The van der Waals surface area contributed by atoms with Crippen LogP contribution in [0.5, 0.6) is 0 Å². The van der Waals surface area contributed by atoms with Crippen molar-refractivity contribution in [1.29, 1.82) is 0 Å². The summed E-state index contributed by atoms with van der Waals surface area (Å²) in [7, 11) is 1.00. The zero-order valence-corrected chi connectivity index (χ0v) is 24.7. The van der Waals surface area contributed by atoms with Crippen molar-refractivity contribution in [3.8, 4) is 0 Å². The summed E-state index contributed by atoms with van der Waals surface area (Å²) in [5, 5.41) is 9.18. The van der Waals surface area contributed by atoms with Crippen LogP contribution < -0.4 is 0 Å². The molecule has 0 radical (unpaired) electrons. The molecular weight excluding hydrogens is 557 g/mol. The number of aliphatic hydroxyl groups excluding tert-OH is 1. The maximum Gasteiger partial charge on any atom is 0.150 e. The number of hydrogen-bond donors (Lipinski definition) is 1. The standard InChI is InChI=1S/C17H13NS.C9H8O.C8H7NS.CH4O.CH4/c1-2-13-7-9-14(10-8-13)11-12-17-18-15-5-3-4-6-16(15)19-17;1-2-8-3-5-9(7-10)6-4-8;1-6-9-7-4-2-3-5-8(7)10-6;1-2;/h2-12H,1H2;2-7H,1H2;2-5H,1H3;2H,1H3;1H4/b12-11+;;;;. The monoisotopic (exact) mass is 592 g/mol. The first-order valence-electron chi connectivity index (χ1n) is 12.8. The van der Waals surface area contributed by atoms with E-state index in [1.54, 1.807) is 40.9 Å². The Hall–Kier alpha value is -4.49. The molecule has 6 rings (SSSR count). The molecule has 0 bridgehead atoms. The summed E-state index contributed by atoms with van der Waals surface area (Å²) in [6, 6.07) is 31.9. The molecule has 6 aromatic rings. The molecule has 0 saturated heterocycles. The zero-order chi connectivity index (χ0) is 29.5. The lowest BCUT2D eigenvalue weighted by Gasteiger charge is -1.94. The van der Waals surface area contributed by atoms with Crippen molar-refractivity contribution in [3.63, 3.8) is 0 Å². The summed E-state index contributed by atoms with van der Waals surface area (Å²) in [6.07, 6.45) is 8.57. The second-order valence-electron chi connectivity index (χ2n) is 8.41. The number of carbonyl (C=O) groups excluding carboxylic acids is 1. The molecule has 2 aromatic heterocycles. The lowest BCUT2D eigenvalue weighted by molar-refractivity contribution is 0.112. The summed E-state index contributed by atoms with van der Waals surface area (Å²) in [6.45, 7) is 9.38. The van der Waals surface area contributed by atoms with Crippen molar-refractivity contribution in [3.05, 3.63) is 142 Å². The Morgan fingerprint density at radius 3 is 1.55 bits per heavy atom. The zero-order valence-electron chi connectivity index (χ0n) is 23.1. The highest BCUT2D eigenvalue weighted by atomic mass is 32.1. The number of aryl methyl sites for hydroxylation is 1. The van der Waals surface area contributed by atoms with Gasteiger partial charge in [-0.1, -0.05) is 112 Å². The van der Waals surface area contributed by atoms with E-state index < -0.39 is 0 Å². The molecule has 0 spiro atoms. The number of thiazole rings is 2. The summed E-state index contributed by atoms with van der Waals surface area (Å²) < 4.78 is 2.50. The quantitative estimate of drug-likeness (QED) is 0.202. The van der Waals surface area contributed by atoms with Gasteiger partial charge < -0.3 is 5.11 Å². The lowest BCUT2D eigenvalue weighted by atomic mass is 10.1. The number of aromatic nitrogens is 2. The largest absolute Gasteiger partial charge is 0.400 e. The Morgan fingerprint density at radius 1 is 0.619 bits per heavy atom. The van der Waals surface area contributed by atoms with Crippen LogP contribution in [0.15, 0.2) is 110 Å². The average Bonchev–Trinajstić information content (AvgIpc) is 3.64. The molecule has 0 amide bonds. The molecule has 0 aliphatic heterocycles. The van der Waals surface area contributed by atoms with Gasteiger partial charge in [-0.3, -0.25) is 4.79 Å². The van der Waals surface area contributed by atoms with Crippen molar-refractivity contribution in [2.24, 2.45) is 0 Å². The molecule has 0 saturated carbocycles. The van der Waals surface area contributed by atoms with Crippen LogP contribution in [0.25, 0.3) is 44.7 Å². The molecule has 0 aliphatic carbocycles. The van der Waals surface area contributed by atoms with Crippen LogP contribution in [0.2, 0.25) is 0 Å². The number of para-hydroxylation sites is 2. The van der Waals surface area contributed by atoms with Crippen LogP contribution in [-0.4, -0.2) is 28.5 Å². The number of aldehydes is 1. The van der Waals surface area contributed by atoms with E-state index in [9.17, 15) is 4.79 Å². The van der Waals surface area contributed by atoms with Crippen molar-refractivity contribution in [1.82, 2.24) is 9.97 Å². The molecule has 0 unspecified atom stereocenters. The lowest BCUT2D eigenvalue weighted by Crippen LogP contribution is -1.77. The third kappa shape index (κ3) is 10.2. The van der Waals surface area contributed by atoms with Gasteiger partial charge in [0.05, 0.1) is 25.4 Å². The number of benzene rings is 4. The van der Waals surface area contributed by atoms with Gasteiger partial charge in [-0.25, -0.2) is 9.97 Å². The first kappa shape index (κ1) is 33.7. The summed E-state index contributed by atoms with van der Waals surface area (Å²) in [4.78, 5) is 19.1. The van der Waals surface area contributed by atoms with E-state index in [0.29, 0.717) is 5.56 Å². The number of hydrogen-bond acceptors (Lipinski definition) is 6. The van der Waals surface area contributed by atoms with Crippen molar-refractivity contribution in [2.75, 3.05) is 7.11 Å². The van der Waals surface area contributed by atoms with E-state index in [2.05, 4.69) is 71.7 Å². The van der Waals surface area contributed by atoms with Crippen LogP contribution in [0.4, 0.5) is 0 Å². The fourth-order valence-corrected chi connectivity index (χ4v) is 5.27. The number of aliphatic hydroxyl groups is 1. The Bertz CT molecular complexity index is 1620. The molecule has 0 aliphatic rings. The van der Waals surface area contributed by atoms with Gasteiger partial charge in [0.1, 0.15) is 11.3 Å². The van der Waals surface area contributed by atoms with E-state index in [1.165, 1.54) is 15.0 Å². The second kappa shape index (κ2) is 18.0. The molecule has 214 valence electrons. The van der Waals surface area contributed by atoms with E-state index >= 15 is 0 Å². The van der Waals surface area contributed by atoms with Crippen LogP contribution in [0.3, 0.4) is 0 Å². The van der Waals surface area contributed by atoms with Crippen molar-refractivity contribution >= 4 is 73.7 Å². The predicted molar refractivity (Wildman–Crippen MR) is 186 cm³/mol. The van der Waals surface area contributed by atoms with Gasteiger partial charge in [-0.05, 0) is 54.0 Å². The van der Waals surface area contributed by atoms with Crippen LogP contribution >= 0.6 is 22.7 Å². The van der Waals surface area contributed by atoms with E-state index in [-0.39, 0.29) is 7.43 Å². The third-order valence-electron chi connectivity index (χ3n) is 5.61. The van der Waals surface area contributed by atoms with Gasteiger partial charge in [0, 0.05) is 12.7 Å². The third-order valence-corrected chi connectivity index (χ3v) is 7.56. The smallest absolute Gasteiger partial charge is 0.150 e. The molecule has 0 atom stereocenters. The highest BCUT2D eigenvalue weighted by Crippen LogP contribution is 2.23. The number of nitrogens with zero attached hydrogens (tertiary/aromatic N) is 2. The summed E-state index contributed by atoms with van der Waals surface area (Å²) >= 11 is 3.45. The number of carbonyl (C=O) groups is 1. The highest BCUT2D eigenvalue weighted by molar-refractivity contribution is 7.19. The molecule has 2 heterocycles. The SMILES string of the molecule is C.C=Cc1ccc(/C=C/c2nc3ccccc3s2)cc1.C=Cc1ccc(C=O)cc1.CO.Cc1nc2ccccc2s1. The minimum Gasteiger partial charge on any atom is -0.400 e. The van der Waals surface area contributed by atoms with Gasteiger partial charge >= 0.3 is 0 Å². The van der Waals surface area contributed by atoms with Crippen molar-refractivity contribution < 1.29 is 9.90 Å². The topological polar surface area (TPSA) is 63.1 Å². The Labute approximate surface area is 256 Å². The van der Waals surface area contributed by atoms with Crippen LogP contribution in [-0.2, 0) is 0 Å². The van der Waals surface area contributed by atoms with Gasteiger partial charge in [0.2, 0.25) is 0 Å².